The van der Waals surface area contributed by atoms with Crippen LogP contribution >= 0.6 is 11.6 Å². The van der Waals surface area contributed by atoms with Gasteiger partial charge in [-0.3, -0.25) is 9.59 Å². The highest BCUT2D eigenvalue weighted by Crippen LogP contribution is 2.28. The first-order valence-electron chi connectivity index (χ1n) is 7.60. The van der Waals surface area contributed by atoms with Gasteiger partial charge < -0.3 is 10.6 Å². The van der Waals surface area contributed by atoms with Gasteiger partial charge in [-0.25, -0.2) is 0 Å². The van der Waals surface area contributed by atoms with Crippen molar-refractivity contribution in [2.24, 2.45) is 0 Å². The Balaban J connectivity index is 1.79. The molecule has 0 atom stereocenters. The molecule has 3 aromatic rings. The Morgan fingerprint density at radius 1 is 0.920 bits per heavy atom. The zero-order valence-corrected chi connectivity index (χ0v) is 14.0. The summed E-state index contributed by atoms with van der Waals surface area (Å²) in [5.74, 6) is -0.584. The van der Waals surface area contributed by atoms with Gasteiger partial charge in [0.1, 0.15) is 0 Å². The molecule has 124 valence electrons. The molecule has 2 amide bonds. The predicted octanol–water partition coefficient (Wildman–Crippen LogP) is 4.87. The van der Waals surface area contributed by atoms with E-state index in [4.69, 9.17) is 11.6 Å². The maximum atomic E-state index is 12.4. The summed E-state index contributed by atoms with van der Waals surface area (Å²) in [5.41, 5.74) is 1.60. The Labute approximate surface area is 150 Å². The lowest BCUT2D eigenvalue weighted by Gasteiger charge is -2.10. The highest BCUT2D eigenvalue weighted by Gasteiger charge is 2.10. The van der Waals surface area contributed by atoms with E-state index >= 15 is 0 Å². The van der Waals surface area contributed by atoms with Gasteiger partial charge in [-0.1, -0.05) is 42.4 Å². The molecule has 3 aromatic carbocycles. The van der Waals surface area contributed by atoms with Crippen molar-refractivity contribution in [1.29, 1.82) is 0 Å². The van der Waals surface area contributed by atoms with E-state index in [1.807, 2.05) is 36.4 Å². The fraction of sp³-hybridized carbons (Fsp3) is 0. The minimum atomic E-state index is -0.305. The molecular formula is C20H15ClN2O2. The molecule has 0 saturated heterocycles. The van der Waals surface area contributed by atoms with E-state index in [2.05, 4.69) is 17.2 Å². The summed E-state index contributed by atoms with van der Waals surface area (Å²) < 4.78 is 0. The van der Waals surface area contributed by atoms with E-state index in [0.29, 0.717) is 22.0 Å². The molecule has 0 bridgehead atoms. The number of hydrogen-bond donors (Lipinski definition) is 2. The maximum absolute atomic E-state index is 12.4. The summed E-state index contributed by atoms with van der Waals surface area (Å²) in [5, 5.41) is 7.91. The van der Waals surface area contributed by atoms with Crippen molar-refractivity contribution in [2.45, 2.75) is 0 Å². The number of hydrogen-bond acceptors (Lipinski definition) is 2. The van der Waals surface area contributed by atoms with Crippen LogP contribution in [0.1, 0.15) is 10.4 Å². The Kier molecular flexibility index (Phi) is 4.82. The van der Waals surface area contributed by atoms with E-state index in [-0.39, 0.29) is 11.8 Å². The summed E-state index contributed by atoms with van der Waals surface area (Å²) in [6.45, 7) is 3.39. The zero-order chi connectivity index (χ0) is 17.8. The Bertz CT molecular complexity index is 965. The monoisotopic (exact) mass is 350 g/mol. The van der Waals surface area contributed by atoms with Crippen LogP contribution < -0.4 is 10.6 Å². The number of rotatable bonds is 4. The third-order valence-electron chi connectivity index (χ3n) is 3.68. The van der Waals surface area contributed by atoms with Crippen LogP contribution in [-0.2, 0) is 4.79 Å². The molecule has 5 heteroatoms. The molecule has 0 unspecified atom stereocenters. The standard InChI is InChI=1S/C20H15ClN2O2/c1-2-19(24)22-16-9-7-13(8-10-16)20(25)23-18-12-15-6-4-3-5-14(15)11-17(18)21/h2-12H,1H2,(H,22,24)(H,23,25). The van der Waals surface area contributed by atoms with Crippen LogP contribution in [0.2, 0.25) is 5.02 Å². The second-order valence-corrected chi connectivity index (χ2v) is 5.81. The van der Waals surface area contributed by atoms with Crippen molar-refractivity contribution >= 4 is 45.6 Å². The summed E-state index contributed by atoms with van der Waals surface area (Å²) in [7, 11) is 0. The average molecular weight is 351 g/mol. The van der Waals surface area contributed by atoms with Crippen molar-refractivity contribution in [3.8, 4) is 0 Å². The maximum Gasteiger partial charge on any atom is 0.255 e. The van der Waals surface area contributed by atoms with E-state index < -0.39 is 0 Å². The quantitative estimate of drug-likeness (QED) is 0.659. The number of anilines is 2. The topological polar surface area (TPSA) is 58.2 Å². The molecule has 0 spiro atoms. The van der Waals surface area contributed by atoms with Gasteiger partial charge in [-0.05, 0) is 53.2 Å². The highest BCUT2D eigenvalue weighted by atomic mass is 35.5. The van der Waals surface area contributed by atoms with Crippen molar-refractivity contribution in [2.75, 3.05) is 10.6 Å². The molecule has 0 saturated carbocycles. The first-order valence-corrected chi connectivity index (χ1v) is 7.98. The van der Waals surface area contributed by atoms with Gasteiger partial charge >= 0.3 is 0 Å². The van der Waals surface area contributed by atoms with E-state index in [1.165, 1.54) is 6.08 Å². The number of halogens is 1. The van der Waals surface area contributed by atoms with Crippen LogP contribution in [0.25, 0.3) is 10.8 Å². The van der Waals surface area contributed by atoms with Gasteiger partial charge in [0.25, 0.3) is 5.91 Å². The van der Waals surface area contributed by atoms with Crippen LogP contribution in [0.5, 0.6) is 0 Å². The second-order valence-electron chi connectivity index (χ2n) is 5.40. The lowest BCUT2D eigenvalue weighted by molar-refractivity contribution is -0.111. The number of benzene rings is 3. The van der Waals surface area contributed by atoms with Crippen molar-refractivity contribution in [1.82, 2.24) is 0 Å². The normalized spacial score (nSPS) is 10.3. The van der Waals surface area contributed by atoms with Crippen LogP contribution in [0, 0.1) is 0 Å². The lowest BCUT2D eigenvalue weighted by atomic mass is 10.1. The summed E-state index contributed by atoms with van der Waals surface area (Å²) in [6.07, 6.45) is 1.18. The SMILES string of the molecule is C=CC(=O)Nc1ccc(C(=O)Nc2cc3ccccc3cc2Cl)cc1. The van der Waals surface area contributed by atoms with Crippen molar-refractivity contribution in [3.63, 3.8) is 0 Å². The number of carbonyl (C=O) groups is 2. The highest BCUT2D eigenvalue weighted by molar-refractivity contribution is 6.34. The minimum Gasteiger partial charge on any atom is -0.323 e. The van der Waals surface area contributed by atoms with Gasteiger partial charge in [-0.2, -0.15) is 0 Å². The Morgan fingerprint density at radius 2 is 1.56 bits per heavy atom. The lowest BCUT2D eigenvalue weighted by Crippen LogP contribution is -2.13. The number of carbonyl (C=O) groups excluding carboxylic acids is 2. The smallest absolute Gasteiger partial charge is 0.255 e. The predicted molar refractivity (Wildman–Crippen MR) is 102 cm³/mol. The van der Waals surface area contributed by atoms with Gasteiger partial charge in [0.15, 0.2) is 0 Å². The molecular weight excluding hydrogens is 336 g/mol. The Morgan fingerprint density at radius 3 is 2.20 bits per heavy atom. The van der Waals surface area contributed by atoms with Crippen LogP contribution in [0.4, 0.5) is 11.4 Å². The van der Waals surface area contributed by atoms with E-state index in [0.717, 1.165) is 10.8 Å². The van der Waals surface area contributed by atoms with Crippen LogP contribution in [0.3, 0.4) is 0 Å². The van der Waals surface area contributed by atoms with Gasteiger partial charge in [0, 0.05) is 11.3 Å². The first kappa shape index (κ1) is 16.7. The molecule has 0 aromatic heterocycles. The summed E-state index contributed by atoms with van der Waals surface area (Å²) >= 11 is 6.26. The van der Waals surface area contributed by atoms with Gasteiger partial charge in [-0.15, -0.1) is 0 Å². The second kappa shape index (κ2) is 7.20. The van der Waals surface area contributed by atoms with Crippen LogP contribution in [0.15, 0.2) is 73.3 Å². The van der Waals surface area contributed by atoms with E-state index in [1.54, 1.807) is 24.3 Å². The molecule has 0 heterocycles. The molecule has 0 fully saturated rings. The summed E-state index contributed by atoms with van der Waals surface area (Å²) in [4.78, 5) is 23.7. The third-order valence-corrected chi connectivity index (χ3v) is 4.00. The largest absolute Gasteiger partial charge is 0.323 e. The number of amides is 2. The fourth-order valence-corrected chi connectivity index (χ4v) is 2.62. The summed E-state index contributed by atoms with van der Waals surface area (Å²) in [6, 6.07) is 18.0. The molecule has 0 aliphatic carbocycles. The average Bonchev–Trinajstić information content (AvgIpc) is 2.62. The van der Waals surface area contributed by atoms with Crippen LogP contribution in [-0.4, -0.2) is 11.8 Å². The molecule has 0 aliphatic heterocycles. The van der Waals surface area contributed by atoms with E-state index in [9.17, 15) is 9.59 Å². The van der Waals surface area contributed by atoms with Crippen molar-refractivity contribution in [3.05, 3.63) is 83.9 Å². The molecule has 0 aliphatic rings. The molecule has 4 nitrogen and oxygen atoms in total. The van der Waals surface area contributed by atoms with Crippen molar-refractivity contribution < 1.29 is 9.59 Å². The first-order chi connectivity index (χ1) is 12.1. The zero-order valence-electron chi connectivity index (χ0n) is 13.3. The molecule has 3 rings (SSSR count). The molecule has 25 heavy (non-hydrogen) atoms. The minimum absolute atomic E-state index is 0.279. The van der Waals surface area contributed by atoms with Gasteiger partial charge in [0.2, 0.25) is 5.91 Å². The molecule has 2 N–H and O–H groups in total. The fourth-order valence-electron chi connectivity index (χ4n) is 2.40. The number of nitrogens with one attached hydrogen (secondary N) is 2. The third kappa shape index (κ3) is 3.87. The Hall–Kier alpha value is -3.11. The number of fused-ring (bicyclic) bond motifs is 1. The van der Waals surface area contributed by atoms with Gasteiger partial charge in [0.05, 0.1) is 10.7 Å². The molecule has 0 radical (unpaired) electrons.